The van der Waals surface area contributed by atoms with Crippen LogP contribution in [0.25, 0.3) is 0 Å². The second-order valence-corrected chi connectivity index (χ2v) is 6.00. The van der Waals surface area contributed by atoms with Gasteiger partial charge in [0.05, 0.1) is 24.7 Å². The van der Waals surface area contributed by atoms with Crippen molar-refractivity contribution in [3.8, 4) is 11.5 Å². The van der Waals surface area contributed by atoms with Crippen LogP contribution in [-0.4, -0.2) is 29.5 Å². The molecule has 1 fully saturated rings. The molecule has 0 aliphatic heterocycles. The van der Waals surface area contributed by atoms with Crippen molar-refractivity contribution in [3.63, 3.8) is 0 Å². The van der Waals surface area contributed by atoms with Crippen LogP contribution >= 0.6 is 0 Å². The highest BCUT2D eigenvalue weighted by Gasteiger charge is 2.30. The summed E-state index contributed by atoms with van der Waals surface area (Å²) in [6.45, 7) is -2.94. The van der Waals surface area contributed by atoms with Gasteiger partial charge in [-0.1, -0.05) is 0 Å². The Morgan fingerprint density at radius 1 is 1.42 bits per heavy atom. The van der Waals surface area contributed by atoms with E-state index < -0.39 is 12.6 Å². The fraction of sp³-hybridized carbons (Fsp3) is 0.412. The van der Waals surface area contributed by atoms with Crippen LogP contribution in [0, 0.1) is 0 Å². The van der Waals surface area contributed by atoms with E-state index in [1.807, 2.05) is 7.05 Å². The first-order chi connectivity index (χ1) is 12.5. The second-order valence-electron chi connectivity index (χ2n) is 6.00. The summed E-state index contributed by atoms with van der Waals surface area (Å²) in [5, 5.41) is 9.57. The zero-order chi connectivity index (χ0) is 18.7. The predicted octanol–water partition coefficient (Wildman–Crippen LogP) is 3.23. The van der Waals surface area contributed by atoms with Crippen LogP contribution in [0.1, 0.15) is 30.0 Å². The minimum Gasteiger partial charge on any atom is -0.497 e. The van der Waals surface area contributed by atoms with Crippen molar-refractivity contribution >= 4 is 11.7 Å². The molecular formula is C17H20F2N4O3. The Labute approximate surface area is 149 Å². The van der Waals surface area contributed by atoms with E-state index in [1.165, 1.54) is 13.2 Å². The molecule has 26 heavy (non-hydrogen) atoms. The lowest BCUT2D eigenvalue weighted by atomic mass is 10.2. The summed E-state index contributed by atoms with van der Waals surface area (Å²) in [4.78, 5) is 12.2. The van der Waals surface area contributed by atoms with Gasteiger partial charge in [0.15, 0.2) is 0 Å². The van der Waals surface area contributed by atoms with Gasteiger partial charge in [-0.3, -0.25) is 4.68 Å². The molecule has 3 rings (SSSR count). The van der Waals surface area contributed by atoms with Gasteiger partial charge in [-0.25, -0.2) is 4.79 Å². The maximum absolute atomic E-state index is 12.6. The number of ether oxygens (including phenoxy) is 2. The van der Waals surface area contributed by atoms with E-state index in [0.29, 0.717) is 22.9 Å². The van der Waals surface area contributed by atoms with Gasteiger partial charge in [-0.05, 0) is 25.0 Å². The summed E-state index contributed by atoms with van der Waals surface area (Å²) in [5.74, 6) is 0.767. The fourth-order valence-electron chi connectivity index (χ4n) is 2.74. The maximum Gasteiger partial charge on any atom is 0.387 e. The normalized spacial score (nSPS) is 13.6. The van der Waals surface area contributed by atoms with Gasteiger partial charge in [0.1, 0.15) is 11.5 Å². The summed E-state index contributed by atoms with van der Waals surface area (Å²) in [7, 11) is 3.26. The summed E-state index contributed by atoms with van der Waals surface area (Å²) >= 11 is 0. The van der Waals surface area contributed by atoms with Crippen LogP contribution in [0.2, 0.25) is 0 Å². The lowest BCUT2D eigenvalue weighted by Gasteiger charge is -2.13. The lowest BCUT2D eigenvalue weighted by molar-refractivity contribution is -0.0505. The van der Waals surface area contributed by atoms with E-state index in [0.717, 1.165) is 18.5 Å². The molecule has 7 nitrogen and oxygen atoms in total. The summed E-state index contributed by atoms with van der Waals surface area (Å²) in [6, 6.07) is 4.09. The lowest BCUT2D eigenvalue weighted by Crippen LogP contribution is -2.28. The van der Waals surface area contributed by atoms with Crippen molar-refractivity contribution in [3.05, 3.63) is 35.7 Å². The Balaban J connectivity index is 1.64. The molecule has 9 heteroatoms. The molecule has 1 heterocycles. The minimum atomic E-state index is -2.97. The molecule has 2 N–H and O–H groups in total. The first-order valence-corrected chi connectivity index (χ1v) is 8.16. The first-order valence-electron chi connectivity index (χ1n) is 8.16. The first kappa shape index (κ1) is 18.0. The van der Waals surface area contributed by atoms with Gasteiger partial charge in [-0.15, -0.1) is 0 Å². The molecule has 0 atom stereocenters. The van der Waals surface area contributed by atoms with Gasteiger partial charge in [0.25, 0.3) is 0 Å². The topological polar surface area (TPSA) is 77.4 Å². The predicted molar refractivity (Wildman–Crippen MR) is 90.7 cm³/mol. The van der Waals surface area contributed by atoms with E-state index >= 15 is 0 Å². The number of carbonyl (C=O) groups is 1. The molecule has 1 aromatic heterocycles. The fourth-order valence-corrected chi connectivity index (χ4v) is 2.74. The van der Waals surface area contributed by atoms with Crippen LogP contribution in [-0.2, 0) is 13.6 Å². The van der Waals surface area contributed by atoms with E-state index in [-0.39, 0.29) is 12.3 Å². The highest BCUT2D eigenvalue weighted by atomic mass is 19.3. The number of alkyl halides is 2. The number of anilines is 1. The highest BCUT2D eigenvalue weighted by Crippen LogP contribution is 2.43. The zero-order valence-corrected chi connectivity index (χ0v) is 14.5. The average Bonchev–Trinajstić information content (AvgIpc) is 3.37. The van der Waals surface area contributed by atoms with Gasteiger partial charge in [0, 0.05) is 31.1 Å². The van der Waals surface area contributed by atoms with Crippen LogP contribution in [0.4, 0.5) is 19.3 Å². The molecule has 140 valence electrons. The van der Waals surface area contributed by atoms with Crippen molar-refractivity contribution in [2.24, 2.45) is 7.05 Å². The number of rotatable bonds is 7. The quantitative estimate of drug-likeness (QED) is 0.789. The van der Waals surface area contributed by atoms with E-state index in [4.69, 9.17) is 4.74 Å². The van der Waals surface area contributed by atoms with Gasteiger partial charge in [-0.2, -0.15) is 13.9 Å². The SMILES string of the molecule is COc1ccc(CNC(=O)Nc2cnn(C)c2C2CC2)c(OC(F)F)c1. The third-order valence-electron chi connectivity index (χ3n) is 4.13. The number of methoxy groups -OCH3 is 1. The number of hydrogen-bond acceptors (Lipinski definition) is 4. The molecule has 1 aliphatic carbocycles. The van der Waals surface area contributed by atoms with Gasteiger partial charge < -0.3 is 20.1 Å². The van der Waals surface area contributed by atoms with E-state index in [9.17, 15) is 13.6 Å². The molecule has 0 bridgehead atoms. The Hall–Kier alpha value is -2.84. The summed E-state index contributed by atoms with van der Waals surface area (Å²) in [5.41, 5.74) is 2.06. The average molecular weight is 366 g/mol. The molecule has 1 aromatic carbocycles. The number of amides is 2. The minimum absolute atomic E-state index is 0.0247. The monoisotopic (exact) mass is 366 g/mol. The van der Waals surface area contributed by atoms with Crippen molar-refractivity contribution < 1.29 is 23.0 Å². The number of carbonyl (C=O) groups excluding carboxylic acids is 1. The Bertz CT molecular complexity index is 790. The smallest absolute Gasteiger partial charge is 0.387 e. The number of nitrogens with zero attached hydrogens (tertiary/aromatic N) is 2. The summed E-state index contributed by atoms with van der Waals surface area (Å²) < 4.78 is 36.4. The maximum atomic E-state index is 12.6. The van der Waals surface area contributed by atoms with Crippen molar-refractivity contribution in [1.82, 2.24) is 15.1 Å². The van der Waals surface area contributed by atoms with Crippen LogP contribution in [0.3, 0.4) is 0 Å². The number of aryl methyl sites for hydroxylation is 1. The number of urea groups is 1. The Morgan fingerprint density at radius 3 is 2.85 bits per heavy atom. The number of halogens is 2. The number of hydrogen-bond donors (Lipinski definition) is 2. The molecule has 0 spiro atoms. The molecule has 0 saturated heterocycles. The molecule has 1 saturated carbocycles. The van der Waals surface area contributed by atoms with Crippen molar-refractivity contribution in [2.45, 2.75) is 31.9 Å². The van der Waals surface area contributed by atoms with Crippen molar-refractivity contribution in [2.75, 3.05) is 12.4 Å². The molecule has 2 aromatic rings. The third-order valence-corrected chi connectivity index (χ3v) is 4.13. The highest BCUT2D eigenvalue weighted by molar-refractivity contribution is 5.89. The summed E-state index contributed by atoms with van der Waals surface area (Å²) in [6.07, 6.45) is 3.76. The van der Waals surface area contributed by atoms with Gasteiger partial charge in [0.2, 0.25) is 0 Å². The molecule has 2 amide bonds. The van der Waals surface area contributed by atoms with E-state index in [2.05, 4.69) is 20.5 Å². The van der Waals surface area contributed by atoms with Crippen LogP contribution < -0.4 is 20.1 Å². The second kappa shape index (κ2) is 7.59. The number of benzene rings is 1. The van der Waals surface area contributed by atoms with Crippen LogP contribution in [0.5, 0.6) is 11.5 Å². The Kier molecular flexibility index (Phi) is 5.24. The standard InChI is InChI=1S/C17H20F2N4O3/c1-23-15(10-3-4-10)13(9-21-23)22-17(24)20-8-11-5-6-12(25-2)7-14(11)26-16(18)19/h5-7,9-10,16H,3-4,8H2,1-2H3,(H2,20,22,24). The molecule has 0 radical (unpaired) electrons. The molecule has 0 unspecified atom stereocenters. The van der Waals surface area contributed by atoms with Crippen LogP contribution in [0.15, 0.2) is 24.4 Å². The number of nitrogens with one attached hydrogen (secondary N) is 2. The van der Waals surface area contributed by atoms with E-state index in [1.54, 1.807) is 23.0 Å². The third kappa shape index (κ3) is 4.22. The van der Waals surface area contributed by atoms with Gasteiger partial charge >= 0.3 is 12.6 Å². The Morgan fingerprint density at radius 2 is 2.19 bits per heavy atom. The largest absolute Gasteiger partial charge is 0.497 e. The number of aromatic nitrogens is 2. The zero-order valence-electron chi connectivity index (χ0n) is 14.5. The van der Waals surface area contributed by atoms with Crippen molar-refractivity contribution in [1.29, 1.82) is 0 Å². The molecular weight excluding hydrogens is 346 g/mol. The molecule has 1 aliphatic rings.